The van der Waals surface area contributed by atoms with Crippen LogP contribution in [-0.4, -0.2) is 27.8 Å². The number of pyridine rings is 1. The summed E-state index contributed by atoms with van der Waals surface area (Å²) in [7, 11) is 0. The van der Waals surface area contributed by atoms with Crippen LogP contribution in [-0.2, 0) is 20.1 Å². The minimum absolute atomic E-state index is 0. The van der Waals surface area contributed by atoms with E-state index in [0.717, 1.165) is 100 Å². The van der Waals surface area contributed by atoms with Gasteiger partial charge in [-0.25, -0.2) is 0 Å². The molecule has 0 aliphatic carbocycles. The van der Waals surface area contributed by atoms with E-state index in [2.05, 4.69) is 204 Å². The Balaban J connectivity index is 0.000000218. The third kappa shape index (κ3) is 8.86. The van der Waals surface area contributed by atoms with Crippen LogP contribution in [0.25, 0.3) is 105 Å². The average molecular weight is 1160 g/mol. The van der Waals surface area contributed by atoms with Crippen molar-refractivity contribution in [3.05, 3.63) is 217 Å². The number of hydrogen-bond donors (Lipinski definition) is 0. The van der Waals surface area contributed by atoms with E-state index in [1.165, 1.54) is 32.2 Å². The fourth-order valence-electron chi connectivity index (χ4n) is 9.93. The largest absolute Gasteiger partial charge is 0 e. The van der Waals surface area contributed by atoms with Gasteiger partial charge in [0.25, 0.3) is 0 Å². The van der Waals surface area contributed by atoms with E-state index < -0.39 is 26.0 Å². The molecular formula is C65H55GeIrN3O-2. The average Bonchev–Trinajstić information content (AvgIpc) is 3.97. The molecule has 4 nitrogen and oxygen atoms in total. The second kappa shape index (κ2) is 19.4. The number of furan rings is 1. The third-order valence-corrected chi connectivity index (χ3v) is 17.8. The van der Waals surface area contributed by atoms with Gasteiger partial charge in [0.1, 0.15) is 5.58 Å². The summed E-state index contributed by atoms with van der Waals surface area (Å²) in [6.45, 7) is 5.99. The number of fused-ring (bicyclic) bond motifs is 7. The molecule has 0 amide bonds. The van der Waals surface area contributed by atoms with Crippen molar-refractivity contribution in [3.8, 4) is 50.6 Å². The van der Waals surface area contributed by atoms with Crippen LogP contribution < -0.4 is 4.40 Å². The minimum Gasteiger partial charge on any atom is 0 e. The maximum atomic E-state index is 8.49. The molecule has 3 aromatic heterocycles. The summed E-state index contributed by atoms with van der Waals surface area (Å²) >= 11 is -2.14. The third-order valence-electron chi connectivity index (χ3n) is 13.6. The van der Waals surface area contributed by atoms with Crippen LogP contribution in [0.15, 0.2) is 187 Å². The van der Waals surface area contributed by atoms with Crippen molar-refractivity contribution < 1.29 is 30.0 Å². The Morgan fingerprint density at radius 3 is 2.04 bits per heavy atom. The van der Waals surface area contributed by atoms with E-state index >= 15 is 0 Å². The quantitative estimate of drug-likeness (QED) is 0.0907. The molecule has 3 heterocycles. The second-order valence-electron chi connectivity index (χ2n) is 19.5. The van der Waals surface area contributed by atoms with Crippen LogP contribution in [0.1, 0.15) is 47.5 Å². The standard InChI is InChI=1S/C47H31N2O.C18H24GeN.Ir/c1-29-26-40(46-44(30(29)2)39-28-38-34(27-43(39)50-46)25-24-33-18-9-10-19-35(33)38)47-48-41-22-11-12-23-42(41)49(47)45-36(31-14-5-3-6-15-31)20-13-21-37(45)32-16-7-4-8-17-32;1-13(2)16-11-18(15-9-7-14(3)8-10-15)20-12-17(16)19(4,5)6;/h3-25,27-28H,1-2H3;7-9,11-13H,1-6H3;/q2*-1;/i;3D3,13D;. The van der Waals surface area contributed by atoms with Crippen molar-refractivity contribution >= 4 is 72.2 Å². The molecule has 1 radical (unpaired) electrons. The van der Waals surface area contributed by atoms with Gasteiger partial charge in [-0.2, -0.15) is 0 Å². The molecule has 0 bridgehead atoms. The van der Waals surface area contributed by atoms with Gasteiger partial charge in [0.2, 0.25) is 0 Å². The summed E-state index contributed by atoms with van der Waals surface area (Å²) in [6.07, 6.45) is 1.91. The van der Waals surface area contributed by atoms with Crippen LogP contribution in [0.3, 0.4) is 0 Å². The number of aromatic nitrogens is 3. The smallest absolute Gasteiger partial charge is 0 e. The Labute approximate surface area is 438 Å². The molecule has 71 heavy (non-hydrogen) atoms. The normalized spacial score (nSPS) is 12.8. The summed E-state index contributed by atoms with van der Waals surface area (Å²) < 4.78 is 41.3. The molecule has 351 valence electrons. The van der Waals surface area contributed by atoms with E-state index in [1.54, 1.807) is 12.1 Å². The summed E-state index contributed by atoms with van der Waals surface area (Å²) in [5.74, 6) is 6.98. The van der Waals surface area contributed by atoms with Crippen molar-refractivity contribution in [3.63, 3.8) is 0 Å². The molecule has 12 rings (SSSR count). The van der Waals surface area contributed by atoms with Crippen LogP contribution >= 0.6 is 0 Å². The molecule has 0 aliphatic heterocycles. The van der Waals surface area contributed by atoms with Gasteiger partial charge in [-0.1, -0.05) is 152 Å². The minimum atomic E-state index is -2.14. The van der Waals surface area contributed by atoms with Gasteiger partial charge in [-0.05, 0) is 56.9 Å². The number of benzene rings is 9. The first kappa shape index (κ1) is 42.9. The summed E-state index contributed by atoms with van der Waals surface area (Å²) in [5.41, 5.74) is 15.1. The molecule has 0 N–H and O–H groups in total. The van der Waals surface area contributed by atoms with Crippen LogP contribution in [0.2, 0.25) is 17.3 Å². The van der Waals surface area contributed by atoms with Crippen molar-refractivity contribution in [2.75, 3.05) is 0 Å². The van der Waals surface area contributed by atoms with Gasteiger partial charge in [-0.3, -0.25) is 4.98 Å². The molecule has 0 fully saturated rings. The zero-order valence-corrected chi connectivity index (χ0v) is 45.4. The number of para-hydroxylation sites is 3. The van der Waals surface area contributed by atoms with Crippen molar-refractivity contribution in [1.29, 1.82) is 0 Å². The van der Waals surface area contributed by atoms with Gasteiger partial charge >= 0.3 is 131 Å². The predicted molar refractivity (Wildman–Crippen MR) is 298 cm³/mol. The van der Waals surface area contributed by atoms with Gasteiger partial charge in [0.05, 0.1) is 28.1 Å². The predicted octanol–water partition coefficient (Wildman–Crippen LogP) is 17.2. The Morgan fingerprint density at radius 2 is 1.37 bits per heavy atom. The molecule has 0 aliphatic rings. The van der Waals surface area contributed by atoms with Gasteiger partial charge in [0.15, 0.2) is 0 Å². The number of hydrogen-bond acceptors (Lipinski definition) is 3. The SMILES string of the molecule is Cc1[c-]c(-c2nc3ccccc3n2-c2c(-c3ccccc3)cccc2-c2ccccc2)c2oc3cc4ccc5ccccc5c4cc3c2c1C.[2H]C([2H])([2H])c1c[c-]c(-c2cc(C([2H])(C)C)[c]([Ge]([CH3])([CH3])[CH3])cn2)cc1.[Ir]. The molecule has 0 atom stereocenters. The number of aryl methyl sites for hydroxylation is 3. The topological polar surface area (TPSA) is 43.9 Å². The maximum Gasteiger partial charge on any atom is 0 e. The Kier molecular flexibility index (Phi) is 11.7. The summed E-state index contributed by atoms with van der Waals surface area (Å²) in [4.78, 5) is 9.96. The summed E-state index contributed by atoms with van der Waals surface area (Å²) in [5, 5.41) is 7.07. The van der Waals surface area contributed by atoms with E-state index in [-0.39, 0.29) is 25.7 Å². The monoisotopic (exact) mass is 1160 g/mol. The van der Waals surface area contributed by atoms with Crippen molar-refractivity contribution in [2.24, 2.45) is 0 Å². The van der Waals surface area contributed by atoms with E-state index in [0.29, 0.717) is 0 Å². The molecule has 0 saturated heterocycles. The molecule has 9 aromatic carbocycles. The molecule has 0 unspecified atom stereocenters. The Morgan fingerprint density at radius 1 is 0.690 bits per heavy atom. The van der Waals surface area contributed by atoms with Gasteiger partial charge in [0, 0.05) is 36.6 Å². The van der Waals surface area contributed by atoms with Gasteiger partial charge < -0.3 is 8.98 Å². The van der Waals surface area contributed by atoms with Crippen molar-refractivity contribution in [1.82, 2.24) is 14.5 Å². The fraction of sp³-hybridized carbons (Fsp3) is 0.138. The van der Waals surface area contributed by atoms with E-state index in [4.69, 9.17) is 14.9 Å². The number of imidazole rings is 1. The second-order valence-corrected chi connectivity index (χ2v) is 30.0. The molecule has 0 saturated carbocycles. The van der Waals surface area contributed by atoms with Crippen LogP contribution in [0.4, 0.5) is 0 Å². The van der Waals surface area contributed by atoms with Crippen LogP contribution in [0, 0.1) is 32.8 Å². The zero-order valence-electron chi connectivity index (χ0n) is 44.9. The Hall–Kier alpha value is -6.89. The van der Waals surface area contributed by atoms with Crippen molar-refractivity contribution in [2.45, 2.75) is 57.7 Å². The van der Waals surface area contributed by atoms with E-state index in [9.17, 15) is 0 Å². The first-order valence-electron chi connectivity index (χ1n) is 25.9. The zero-order chi connectivity index (χ0) is 51.7. The number of nitrogens with zero attached hydrogens (tertiary/aromatic N) is 3. The molecular weight excluding hydrogens is 1100 g/mol. The Bertz CT molecular complexity index is 4040. The van der Waals surface area contributed by atoms with E-state index in [1.807, 2.05) is 26.1 Å². The molecule has 12 aromatic rings. The first-order valence-corrected chi connectivity index (χ1v) is 31.2. The summed E-state index contributed by atoms with van der Waals surface area (Å²) in [6, 6.07) is 67.4. The maximum absolute atomic E-state index is 8.49. The first-order chi connectivity index (χ1) is 35.4. The fourth-order valence-corrected chi connectivity index (χ4v) is 13.3. The number of rotatable bonds is 7. The molecule has 0 spiro atoms. The van der Waals surface area contributed by atoms with Gasteiger partial charge in [-0.15, -0.1) is 17.2 Å². The van der Waals surface area contributed by atoms with Crippen LogP contribution in [0.5, 0.6) is 0 Å². The molecule has 6 heteroatoms.